The average Bonchev–Trinajstić information content (AvgIpc) is 2.34. The van der Waals surface area contributed by atoms with Gasteiger partial charge in [-0.25, -0.2) is 4.79 Å². The summed E-state index contributed by atoms with van der Waals surface area (Å²) in [5, 5.41) is 8.96. The molecule has 0 spiro atoms. The normalized spacial score (nSPS) is 11.2. The number of carboxylic acids is 1. The largest absolute Gasteiger partial charge is 0.475 e. The van der Waals surface area contributed by atoms with Crippen LogP contribution in [0.5, 0.6) is 5.75 Å². The molecule has 4 heteroatoms. The highest BCUT2D eigenvalue weighted by Gasteiger charge is 2.09. The van der Waals surface area contributed by atoms with E-state index in [0.717, 1.165) is 0 Å². The van der Waals surface area contributed by atoms with Crippen molar-refractivity contribution in [3.63, 3.8) is 0 Å². The Labute approximate surface area is 100 Å². The molecule has 0 aliphatic heterocycles. The summed E-state index contributed by atoms with van der Waals surface area (Å²) in [5.41, 5.74) is 0. The zero-order valence-electron chi connectivity index (χ0n) is 9.76. The summed E-state index contributed by atoms with van der Waals surface area (Å²) < 4.78 is 10.4. The van der Waals surface area contributed by atoms with Crippen molar-refractivity contribution >= 4 is 5.97 Å². The van der Waals surface area contributed by atoms with Crippen molar-refractivity contribution in [1.29, 1.82) is 0 Å². The molecule has 1 aromatic carbocycles. The van der Waals surface area contributed by atoms with Gasteiger partial charge in [-0.1, -0.05) is 18.2 Å². The summed E-state index contributed by atoms with van der Waals surface area (Å²) in [6.45, 7) is 3.00. The highest BCUT2D eigenvalue weighted by molar-refractivity contribution is 5.84. The van der Waals surface area contributed by atoms with Crippen LogP contribution in [0.2, 0.25) is 0 Å². The van der Waals surface area contributed by atoms with Gasteiger partial charge in [0.2, 0.25) is 5.76 Å². The molecule has 0 saturated heterocycles. The first-order chi connectivity index (χ1) is 8.24. The lowest BCUT2D eigenvalue weighted by Gasteiger charge is -2.06. The van der Waals surface area contributed by atoms with Crippen molar-refractivity contribution < 1.29 is 19.4 Å². The second-order valence-corrected chi connectivity index (χ2v) is 3.27. The van der Waals surface area contributed by atoms with Gasteiger partial charge < -0.3 is 14.6 Å². The average molecular weight is 236 g/mol. The minimum atomic E-state index is -1.08. The molecule has 0 atom stereocenters. The molecule has 0 heterocycles. The molecule has 92 valence electrons. The number of hydrogen-bond acceptors (Lipinski definition) is 3. The summed E-state index contributed by atoms with van der Waals surface area (Å²) >= 11 is 0. The van der Waals surface area contributed by atoms with E-state index in [4.69, 9.17) is 14.6 Å². The molecule has 0 unspecified atom stereocenters. The van der Waals surface area contributed by atoms with Crippen molar-refractivity contribution in [2.45, 2.75) is 13.3 Å². The van der Waals surface area contributed by atoms with Gasteiger partial charge in [0, 0.05) is 6.61 Å². The number of hydrogen-bond donors (Lipinski definition) is 1. The van der Waals surface area contributed by atoms with Gasteiger partial charge in [-0.15, -0.1) is 0 Å². The van der Waals surface area contributed by atoms with Crippen LogP contribution in [0.1, 0.15) is 13.3 Å². The summed E-state index contributed by atoms with van der Waals surface area (Å²) in [5.74, 6) is -0.640. The van der Waals surface area contributed by atoms with Crippen molar-refractivity contribution in [3.8, 4) is 5.75 Å². The van der Waals surface area contributed by atoms with E-state index in [2.05, 4.69) is 0 Å². The Kier molecular flexibility index (Phi) is 5.82. The van der Waals surface area contributed by atoms with Gasteiger partial charge in [0.25, 0.3) is 0 Å². The number of carbonyl (C=O) groups is 1. The minimum Gasteiger partial charge on any atom is -0.475 e. The predicted molar refractivity (Wildman–Crippen MR) is 63.9 cm³/mol. The van der Waals surface area contributed by atoms with E-state index in [9.17, 15) is 4.79 Å². The molecule has 1 aromatic rings. The lowest BCUT2D eigenvalue weighted by Crippen LogP contribution is -2.08. The van der Waals surface area contributed by atoms with Gasteiger partial charge in [-0.3, -0.25) is 0 Å². The van der Waals surface area contributed by atoms with Crippen LogP contribution >= 0.6 is 0 Å². The smallest absolute Gasteiger partial charge is 0.371 e. The maximum atomic E-state index is 10.9. The molecule has 0 fully saturated rings. The van der Waals surface area contributed by atoms with E-state index < -0.39 is 5.97 Å². The fourth-order valence-corrected chi connectivity index (χ4v) is 1.21. The number of para-hydroxylation sites is 1. The lowest BCUT2D eigenvalue weighted by atomic mass is 10.3. The monoisotopic (exact) mass is 236 g/mol. The third-order valence-corrected chi connectivity index (χ3v) is 1.98. The van der Waals surface area contributed by atoms with E-state index in [0.29, 0.717) is 25.4 Å². The second-order valence-electron chi connectivity index (χ2n) is 3.27. The molecule has 4 nitrogen and oxygen atoms in total. The summed E-state index contributed by atoms with van der Waals surface area (Å²) in [6.07, 6.45) is 2.04. The Morgan fingerprint density at radius 2 is 2.06 bits per heavy atom. The van der Waals surface area contributed by atoms with Crippen LogP contribution in [0.4, 0.5) is 0 Å². The standard InChI is InChI=1S/C13H16O4/c1-2-16-10-6-9-12(13(14)15)17-11-7-4-3-5-8-11/h3-5,7-9H,2,6,10H2,1H3,(H,14,15). The van der Waals surface area contributed by atoms with Crippen LogP contribution in [0, 0.1) is 0 Å². The predicted octanol–water partition coefficient (Wildman–Crippen LogP) is 2.46. The minimum absolute atomic E-state index is 0.0732. The van der Waals surface area contributed by atoms with E-state index in [1.54, 1.807) is 24.3 Å². The van der Waals surface area contributed by atoms with Crippen LogP contribution in [-0.4, -0.2) is 24.3 Å². The quantitative estimate of drug-likeness (QED) is 0.449. The lowest BCUT2D eigenvalue weighted by molar-refractivity contribution is -0.135. The topological polar surface area (TPSA) is 55.8 Å². The number of aliphatic carboxylic acids is 1. The summed E-state index contributed by atoms with van der Waals surface area (Å²) in [6, 6.07) is 8.83. The molecular weight excluding hydrogens is 220 g/mol. The van der Waals surface area contributed by atoms with Gasteiger partial charge in [-0.2, -0.15) is 0 Å². The number of carboxylic acid groups (broad SMARTS) is 1. The first-order valence-electron chi connectivity index (χ1n) is 5.48. The van der Waals surface area contributed by atoms with Gasteiger partial charge in [0.1, 0.15) is 5.75 Å². The van der Waals surface area contributed by atoms with Gasteiger partial charge in [-0.05, 0) is 31.6 Å². The highest BCUT2D eigenvalue weighted by atomic mass is 16.5. The second kappa shape index (κ2) is 7.46. The molecule has 1 N–H and O–H groups in total. The Morgan fingerprint density at radius 1 is 1.35 bits per heavy atom. The van der Waals surface area contributed by atoms with E-state index in [-0.39, 0.29) is 5.76 Å². The van der Waals surface area contributed by atoms with Crippen molar-refractivity contribution in [3.05, 3.63) is 42.2 Å². The molecule has 0 saturated carbocycles. The maximum absolute atomic E-state index is 10.9. The molecule has 1 rings (SSSR count). The van der Waals surface area contributed by atoms with E-state index in [1.807, 2.05) is 13.0 Å². The van der Waals surface area contributed by atoms with Crippen LogP contribution < -0.4 is 4.74 Å². The maximum Gasteiger partial charge on any atom is 0.371 e. The first-order valence-corrected chi connectivity index (χ1v) is 5.48. The van der Waals surface area contributed by atoms with Crippen molar-refractivity contribution in [2.24, 2.45) is 0 Å². The van der Waals surface area contributed by atoms with Gasteiger partial charge in [0.15, 0.2) is 0 Å². The van der Waals surface area contributed by atoms with E-state index in [1.165, 1.54) is 6.08 Å². The fourth-order valence-electron chi connectivity index (χ4n) is 1.21. The molecule has 0 aliphatic carbocycles. The van der Waals surface area contributed by atoms with Crippen LogP contribution in [-0.2, 0) is 9.53 Å². The zero-order chi connectivity index (χ0) is 12.5. The molecule has 0 bridgehead atoms. The Hall–Kier alpha value is -1.81. The number of ether oxygens (including phenoxy) is 2. The molecule has 0 aliphatic rings. The summed E-state index contributed by atoms with van der Waals surface area (Å²) in [7, 11) is 0. The molecular formula is C13H16O4. The molecule has 17 heavy (non-hydrogen) atoms. The van der Waals surface area contributed by atoms with Crippen LogP contribution in [0.25, 0.3) is 0 Å². The van der Waals surface area contributed by atoms with Gasteiger partial charge >= 0.3 is 5.97 Å². The van der Waals surface area contributed by atoms with Crippen molar-refractivity contribution in [1.82, 2.24) is 0 Å². The Bertz CT molecular complexity index is 370. The highest BCUT2D eigenvalue weighted by Crippen LogP contribution is 2.13. The molecule has 0 amide bonds. The molecule has 0 radical (unpaired) electrons. The Balaban J connectivity index is 2.57. The number of rotatable bonds is 7. The van der Waals surface area contributed by atoms with Crippen LogP contribution in [0.3, 0.4) is 0 Å². The van der Waals surface area contributed by atoms with Gasteiger partial charge in [0.05, 0.1) is 6.61 Å². The van der Waals surface area contributed by atoms with E-state index >= 15 is 0 Å². The zero-order valence-corrected chi connectivity index (χ0v) is 9.76. The van der Waals surface area contributed by atoms with Crippen LogP contribution in [0.15, 0.2) is 42.2 Å². The fraction of sp³-hybridized carbons (Fsp3) is 0.308. The third-order valence-electron chi connectivity index (χ3n) is 1.98. The third kappa shape index (κ3) is 5.17. The summed E-state index contributed by atoms with van der Waals surface area (Å²) in [4.78, 5) is 10.9. The SMILES string of the molecule is CCOCCC=C(Oc1ccccc1)C(=O)O. The Morgan fingerprint density at radius 3 is 2.65 bits per heavy atom. The number of benzene rings is 1. The first kappa shape index (κ1) is 13.3. The molecule has 0 aromatic heterocycles. The van der Waals surface area contributed by atoms with Crippen molar-refractivity contribution in [2.75, 3.05) is 13.2 Å².